The highest BCUT2D eigenvalue weighted by Crippen LogP contribution is 2.24. The zero-order valence-electron chi connectivity index (χ0n) is 16.5. The van der Waals surface area contributed by atoms with E-state index in [0.717, 1.165) is 50.0 Å². The van der Waals surface area contributed by atoms with Gasteiger partial charge in [-0.1, -0.05) is 35.5 Å². The first-order valence-corrected chi connectivity index (χ1v) is 10.7. The maximum Gasteiger partial charge on any atom is 0.226 e. The van der Waals surface area contributed by atoms with E-state index in [1.54, 1.807) is 24.3 Å². The summed E-state index contributed by atoms with van der Waals surface area (Å²) in [4.78, 5) is 21.6. The molecule has 0 bridgehead atoms. The molecule has 0 unspecified atom stereocenters. The first-order chi connectivity index (χ1) is 14.2. The Balaban J connectivity index is 1.19. The Hall–Kier alpha value is -2.55. The molecule has 1 aliphatic rings. The molecule has 7 nitrogen and oxygen atoms in total. The maximum atomic E-state index is 12.1. The first kappa shape index (κ1) is 19.8. The van der Waals surface area contributed by atoms with Gasteiger partial charge in [0, 0.05) is 62.7 Å². The Bertz CT molecular complexity index is 931. The highest BCUT2D eigenvalue weighted by Gasteiger charge is 2.19. The van der Waals surface area contributed by atoms with Crippen LogP contribution >= 0.6 is 11.3 Å². The van der Waals surface area contributed by atoms with Gasteiger partial charge in [0.25, 0.3) is 0 Å². The van der Waals surface area contributed by atoms with Crippen molar-refractivity contribution in [2.24, 2.45) is 0 Å². The molecule has 152 valence electrons. The molecule has 0 radical (unpaired) electrons. The summed E-state index contributed by atoms with van der Waals surface area (Å²) < 4.78 is 4.96. The molecule has 0 aliphatic carbocycles. The number of aromatic nitrogens is 2. The number of hydrogen-bond acceptors (Lipinski definition) is 7. The van der Waals surface area contributed by atoms with Crippen molar-refractivity contribution in [3.05, 3.63) is 53.2 Å². The van der Waals surface area contributed by atoms with Crippen molar-refractivity contribution in [1.82, 2.24) is 19.9 Å². The van der Waals surface area contributed by atoms with Crippen molar-refractivity contribution in [3.8, 4) is 10.6 Å². The Labute approximate surface area is 174 Å². The lowest BCUT2D eigenvalue weighted by Gasteiger charge is -2.34. The number of benzene rings is 1. The van der Waals surface area contributed by atoms with Gasteiger partial charge in [0.05, 0.1) is 5.69 Å². The van der Waals surface area contributed by atoms with Crippen molar-refractivity contribution in [3.63, 3.8) is 0 Å². The zero-order chi connectivity index (χ0) is 20.1. The van der Waals surface area contributed by atoms with Gasteiger partial charge in [-0.2, -0.15) is 0 Å². The summed E-state index contributed by atoms with van der Waals surface area (Å²) in [6, 6.07) is 12.0. The smallest absolute Gasteiger partial charge is 0.226 e. The molecular weight excluding hydrogens is 386 g/mol. The standard InChI is InChI=1S/C21H25N5O2S/c1-16-13-19(24-28-16)23-20(27)7-8-25-9-11-26(12-10-25)14-18-15-29-21(22-18)17-5-3-2-4-6-17/h2-6,13,15H,7-12,14H2,1H3,(H,23,24,27). The molecule has 2 aromatic heterocycles. The Morgan fingerprint density at radius 3 is 2.66 bits per heavy atom. The van der Waals surface area contributed by atoms with Crippen molar-refractivity contribution < 1.29 is 9.32 Å². The summed E-state index contributed by atoms with van der Waals surface area (Å²) in [5, 5.41) is 9.79. The number of thiazole rings is 1. The molecule has 1 aromatic carbocycles. The van der Waals surface area contributed by atoms with Crippen LogP contribution in [-0.2, 0) is 11.3 Å². The molecular formula is C21H25N5O2S. The van der Waals surface area contributed by atoms with Crippen molar-refractivity contribution in [1.29, 1.82) is 0 Å². The monoisotopic (exact) mass is 411 g/mol. The van der Waals surface area contributed by atoms with Gasteiger partial charge in [-0.05, 0) is 6.92 Å². The number of carbonyl (C=O) groups excluding carboxylic acids is 1. The van der Waals surface area contributed by atoms with E-state index in [2.05, 4.69) is 37.8 Å². The topological polar surface area (TPSA) is 74.5 Å². The van der Waals surface area contributed by atoms with Crippen molar-refractivity contribution in [2.75, 3.05) is 38.0 Å². The van der Waals surface area contributed by atoms with Gasteiger partial charge in [0.15, 0.2) is 5.82 Å². The quantitative estimate of drug-likeness (QED) is 0.643. The fraction of sp³-hybridized carbons (Fsp3) is 0.381. The van der Waals surface area contributed by atoms with Crippen molar-refractivity contribution in [2.45, 2.75) is 19.9 Å². The number of anilines is 1. The molecule has 1 amide bonds. The lowest BCUT2D eigenvalue weighted by Crippen LogP contribution is -2.46. The van der Waals surface area contributed by atoms with Crippen LogP contribution in [0, 0.1) is 6.92 Å². The summed E-state index contributed by atoms with van der Waals surface area (Å²) in [6.45, 7) is 7.34. The van der Waals surface area contributed by atoms with Crippen LogP contribution in [0.4, 0.5) is 5.82 Å². The first-order valence-electron chi connectivity index (χ1n) is 9.83. The van der Waals surface area contributed by atoms with Gasteiger partial charge < -0.3 is 14.7 Å². The van der Waals surface area contributed by atoms with Crippen LogP contribution in [0.2, 0.25) is 0 Å². The number of hydrogen-bond donors (Lipinski definition) is 1. The molecule has 3 aromatic rings. The largest absolute Gasteiger partial charge is 0.360 e. The number of nitrogens with zero attached hydrogens (tertiary/aromatic N) is 4. The number of aryl methyl sites for hydroxylation is 1. The van der Waals surface area contributed by atoms with E-state index in [4.69, 9.17) is 9.51 Å². The average Bonchev–Trinajstić information content (AvgIpc) is 3.37. The highest BCUT2D eigenvalue weighted by atomic mass is 32.1. The summed E-state index contributed by atoms with van der Waals surface area (Å²) in [6.07, 6.45) is 0.457. The molecule has 0 saturated carbocycles. The van der Waals surface area contributed by atoms with Crippen LogP contribution in [-0.4, -0.2) is 58.6 Å². The molecule has 8 heteroatoms. The fourth-order valence-corrected chi connectivity index (χ4v) is 4.20. The average molecular weight is 412 g/mol. The predicted molar refractivity (Wildman–Crippen MR) is 114 cm³/mol. The molecule has 1 N–H and O–H groups in total. The third kappa shape index (κ3) is 5.50. The van der Waals surface area contributed by atoms with Gasteiger partial charge in [0.2, 0.25) is 5.91 Å². The van der Waals surface area contributed by atoms with Crippen LogP contribution in [0.15, 0.2) is 46.3 Å². The maximum absolute atomic E-state index is 12.1. The SMILES string of the molecule is Cc1cc(NC(=O)CCN2CCN(Cc3csc(-c4ccccc4)n3)CC2)no1. The third-order valence-electron chi connectivity index (χ3n) is 4.97. The van der Waals surface area contributed by atoms with E-state index < -0.39 is 0 Å². The summed E-state index contributed by atoms with van der Waals surface area (Å²) in [7, 11) is 0. The van der Waals surface area contributed by atoms with E-state index in [0.29, 0.717) is 18.0 Å². The van der Waals surface area contributed by atoms with Gasteiger partial charge in [-0.25, -0.2) is 4.98 Å². The summed E-state index contributed by atoms with van der Waals surface area (Å²) in [5.74, 6) is 1.14. The molecule has 3 heterocycles. The predicted octanol–water partition coefficient (Wildman–Crippen LogP) is 3.25. The molecule has 1 saturated heterocycles. The number of piperazine rings is 1. The van der Waals surface area contributed by atoms with Gasteiger partial charge in [-0.15, -0.1) is 11.3 Å². The van der Waals surface area contributed by atoms with E-state index in [9.17, 15) is 4.79 Å². The van der Waals surface area contributed by atoms with Crippen LogP contribution in [0.3, 0.4) is 0 Å². The lowest BCUT2D eigenvalue weighted by atomic mass is 10.2. The Morgan fingerprint density at radius 1 is 1.17 bits per heavy atom. The fourth-order valence-electron chi connectivity index (χ4n) is 3.38. The second-order valence-corrected chi connectivity index (χ2v) is 8.11. The van der Waals surface area contributed by atoms with Gasteiger partial charge >= 0.3 is 0 Å². The van der Waals surface area contributed by atoms with Crippen LogP contribution in [0.5, 0.6) is 0 Å². The van der Waals surface area contributed by atoms with E-state index in [1.165, 1.54) is 5.56 Å². The highest BCUT2D eigenvalue weighted by molar-refractivity contribution is 7.13. The minimum Gasteiger partial charge on any atom is -0.360 e. The molecule has 1 aliphatic heterocycles. The lowest BCUT2D eigenvalue weighted by molar-refractivity contribution is -0.116. The van der Waals surface area contributed by atoms with Crippen LogP contribution in [0.1, 0.15) is 17.9 Å². The second-order valence-electron chi connectivity index (χ2n) is 7.25. The molecule has 0 atom stereocenters. The summed E-state index contributed by atoms with van der Waals surface area (Å²) in [5.41, 5.74) is 2.30. The molecule has 1 fully saturated rings. The molecule has 4 rings (SSSR count). The molecule has 0 spiro atoms. The number of nitrogens with one attached hydrogen (secondary N) is 1. The normalized spacial score (nSPS) is 15.5. The minimum atomic E-state index is -0.0309. The zero-order valence-corrected chi connectivity index (χ0v) is 17.3. The van der Waals surface area contributed by atoms with E-state index in [-0.39, 0.29) is 5.91 Å². The number of amides is 1. The molecule has 29 heavy (non-hydrogen) atoms. The summed E-state index contributed by atoms with van der Waals surface area (Å²) >= 11 is 1.70. The third-order valence-corrected chi connectivity index (χ3v) is 5.91. The Kier molecular flexibility index (Phi) is 6.33. The van der Waals surface area contributed by atoms with E-state index >= 15 is 0 Å². The van der Waals surface area contributed by atoms with E-state index in [1.807, 2.05) is 18.2 Å². The number of carbonyl (C=O) groups is 1. The Morgan fingerprint density at radius 2 is 1.93 bits per heavy atom. The number of rotatable bonds is 7. The van der Waals surface area contributed by atoms with Gasteiger partial charge in [0.1, 0.15) is 10.8 Å². The van der Waals surface area contributed by atoms with Crippen molar-refractivity contribution >= 4 is 23.1 Å². The van der Waals surface area contributed by atoms with Gasteiger partial charge in [-0.3, -0.25) is 9.69 Å². The second kappa shape index (κ2) is 9.30. The van der Waals surface area contributed by atoms with Crippen LogP contribution in [0.25, 0.3) is 10.6 Å². The van der Waals surface area contributed by atoms with Crippen LogP contribution < -0.4 is 5.32 Å². The minimum absolute atomic E-state index is 0.0309.